The molecule has 0 saturated carbocycles. The van der Waals surface area contributed by atoms with Crippen LogP contribution < -0.4 is 10.2 Å². The third kappa shape index (κ3) is 4.43. The summed E-state index contributed by atoms with van der Waals surface area (Å²) in [4.78, 5) is 4.72. The molecular formula is C29H25BCl2N2O4. The number of ether oxygens (including phenoxy) is 1. The first-order valence-electron chi connectivity index (χ1n) is 12.3. The molecular weight excluding hydrogens is 522 g/mol. The van der Waals surface area contributed by atoms with Crippen LogP contribution in [0.15, 0.2) is 71.3 Å². The summed E-state index contributed by atoms with van der Waals surface area (Å²) in [6.07, 6.45) is 1.45. The quantitative estimate of drug-likeness (QED) is 0.256. The fourth-order valence-corrected chi connectivity index (χ4v) is 5.07. The van der Waals surface area contributed by atoms with Crippen molar-refractivity contribution in [2.75, 3.05) is 0 Å². The lowest BCUT2D eigenvalue weighted by molar-refractivity contribution is 0.00578. The van der Waals surface area contributed by atoms with Crippen molar-refractivity contribution in [3.63, 3.8) is 0 Å². The van der Waals surface area contributed by atoms with Crippen LogP contribution in [0.2, 0.25) is 10.0 Å². The Morgan fingerprint density at radius 1 is 0.868 bits per heavy atom. The van der Waals surface area contributed by atoms with Crippen LogP contribution in [0, 0.1) is 0 Å². The van der Waals surface area contributed by atoms with Gasteiger partial charge in [0.2, 0.25) is 5.82 Å². The van der Waals surface area contributed by atoms with E-state index < -0.39 is 24.4 Å². The number of aromatic nitrogens is 2. The van der Waals surface area contributed by atoms with Gasteiger partial charge < -0.3 is 18.6 Å². The molecule has 2 aliphatic rings. The largest absolute Gasteiger partial charge is 0.494 e. The SMILES string of the molecule is CC1(C)OB(c2ccc(-c3noc(C4=Cc5cc(Cl)cc(Cl)c5OC4c4ccccc4)n3)cc2)OC1(C)C. The Kier molecular flexibility index (Phi) is 6.15. The molecule has 6 nitrogen and oxygen atoms in total. The molecule has 9 heteroatoms. The van der Waals surface area contributed by atoms with Crippen molar-refractivity contribution in [1.82, 2.24) is 10.1 Å². The lowest BCUT2D eigenvalue weighted by Gasteiger charge is -2.32. The molecule has 3 heterocycles. The van der Waals surface area contributed by atoms with E-state index in [4.69, 9.17) is 46.8 Å². The molecule has 4 aromatic rings. The van der Waals surface area contributed by atoms with Crippen LogP contribution in [-0.4, -0.2) is 28.5 Å². The van der Waals surface area contributed by atoms with Gasteiger partial charge >= 0.3 is 7.12 Å². The topological polar surface area (TPSA) is 66.6 Å². The molecule has 1 unspecified atom stereocenters. The number of hydrogen-bond donors (Lipinski definition) is 0. The smallest absolute Gasteiger partial charge is 0.479 e. The minimum Gasteiger partial charge on any atom is -0.479 e. The van der Waals surface area contributed by atoms with Crippen molar-refractivity contribution < 1.29 is 18.6 Å². The van der Waals surface area contributed by atoms with Gasteiger partial charge in [0.15, 0.2) is 6.10 Å². The molecule has 0 amide bonds. The standard InChI is InChI=1S/C29H25BCl2N2O4/c1-28(2)29(3,4)38-30(37-28)20-12-10-18(11-13-20)26-33-27(36-34-26)22-15-19-14-21(31)16-23(32)25(19)35-24(22)17-8-6-5-7-9-17/h5-16,24H,1-4H3. The first-order valence-corrected chi connectivity index (χ1v) is 13.1. The highest BCUT2D eigenvalue weighted by molar-refractivity contribution is 6.62. The molecule has 192 valence electrons. The van der Waals surface area contributed by atoms with Crippen LogP contribution in [0.5, 0.6) is 5.75 Å². The molecule has 3 aromatic carbocycles. The highest BCUT2D eigenvalue weighted by Crippen LogP contribution is 2.46. The van der Waals surface area contributed by atoms with E-state index in [0.717, 1.165) is 27.7 Å². The molecule has 1 fully saturated rings. The summed E-state index contributed by atoms with van der Waals surface area (Å²) in [5.74, 6) is 1.38. The molecule has 1 atom stereocenters. The van der Waals surface area contributed by atoms with E-state index in [-0.39, 0.29) is 0 Å². The number of nitrogens with zero attached hydrogens (tertiary/aromatic N) is 2. The van der Waals surface area contributed by atoms with Gasteiger partial charge in [-0.15, -0.1) is 0 Å². The van der Waals surface area contributed by atoms with Crippen molar-refractivity contribution in [3.05, 3.63) is 93.8 Å². The Hall–Kier alpha value is -3.10. The number of rotatable bonds is 4. The van der Waals surface area contributed by atoms with E-state index in [9.17, 15) is 0 Å². The predicted octanol–water partition coefficient (Wildman–Crippen LogP) is 7.02. The van der Waals surface area contributed by atoms with E-state index in [1.165, 1.54) is 0 Å². The van der Waals surface area contributed by atoms with Crippen molar-refractivity contribution in [1.29, 1.82) is 0 Å². The summed E-state index contributed by atoms with van der Waals surface area (Å²) in [6.45, 7) is 8.15. The Balaban J connectivity index is 1.33. The van der Waals surface area contributed by atoms with Crippen molar-refractivity contribution in [2.24, 2.45) is 0 Å². The average molecular weight is 547 g/mol. The Bertz CT molecular complexity index is 1520. The number of hydrogen-bond acceptors (Lipinski definition) is 6. The normalized spacial score (nSPS) is 19.6. The predicted molar refractivity (Wildman–Crippen MR) is 150 cm³/mol. The zero-order valence-corrected chi connectivity index (χ0v) is 22.9. The van der Waals surface area contributed by atoms with Gasteiger partial charge in [-0.1, -0.05) is 83.0 Å². The second kappa shape index (κ2) is 9.28. The summed E-state index contributed by atoms with van der Waals surface area (Å²) in [5, 5.41) is 5.21. The Labute approximate surface area is 231 Å². The fourth-order valence-electron chi connectivity index (χ4n) is 4.51. The highest BCUT2D eigenvalue weighted by atomic mass is 35.5. The molecule has 6 rings (SSSR count). The Morgan fingerprint density at radius 2 is 1.55 bits per heavy atom. The summed E-state index contributed by atoms with van der Waals surface area (Å²) in [7, 11) is -0.440. The summed E-state index contributed by atoms with van der Waals surface area (Å²) < 4.78 is 24.5. The second-order valence-electron chi connectivity index (χ2n) is 10.4. The lowest BCUT2D eigenvalue weighted by Crippen LogP contribution is -2.41. The summed E-state index contributed by atoms with van der Waals surface area (Å²) in [6, 6.07) is 21.1. The average Bonchev–Trinajstić information content (AvgIpc) is 3.46. The zero-order valence-electron chi connectivity index (χ0n) is 21.4. The molecule has 1 aromatic heterocycles. The van der Waals surface area contributed by atoms with Gasteiger partial charge in [0, 0.05) is 16.1 Å². The van der Waals surface area contributed by atoms with Crippen LogP contribution >= 0.6 is 23.2 Å². The fraction of sp³-hybridized carbons (Fsp3) is 0.241. The molecule has 1 saturated heterocycles. The highest BCUT2D eigenvalue weighted by Gasteiger charge is 2.51. The van der Waals surface area contributed by atoms with E-state index in [0.29, 0.717) is 27.5 Å². The van der Waals surface area contributed by atoms with E-state index in [2.05, 4.69) is 5.16 Å². The van der Waals surface area contributed by atoms with Crippen LogP contribution in [-0.2, 0) is 9.31 Å². The maximum atomic E-state index is 6.46. The third-order valence-electron chi connectivity index (χ3n) is 7.34. The minimum absolute atomic E-state index is 0.352. The Morgan fingerprint density at radius 3 is 2.24 bits per heavy atom. The van der Waals surface area contributed by atoms with Crippen molar-refractivity contribution in [3.8, 4) is 17.1 Å². The van der Waals surface area contributed by atoms with Gasteiger partial charge in [-0.25, -0.2) is 0 Å². The molecule has 0 N–H and O–H groups in total. The first-order chi connectivity index (χ1) is 18.1. The van der Waals surface area contributed by atoms with E-state index in [1.54, 1.807) is 12.1 Å². The maximum absolute atomic E-state index is 6.46. The molecule has 0 aliphatic carbocycles. The summed E-state index contributed by atoms with van der Waals surface area (Å²) in [5.41, 5.74) is 3.32. The first kappa shape index (κ1) is 25.2. The van der Waals surface area contributed by atoms with Gasteiger partial charge in [-0.05, 0) is 56.9 Å². The summed E-state index contributed by atoms with van der Waals surface area (Å²) >= 11 is 12.7. The number of halogens is 2. The van der Waals surface area contributed by atoms with Crippen molar-refractivity contribution >= 4 is 47.4 Å². The van der Waals surface area contributed by atoms with E-state index >= 15 is 0 Å². The maximum Gasteiger partial charge on any atom is 0.494 e. The van der Waals surface area contributed by atoms with E-state index in [1.807, 2.05) is 88.4 Å². The molecule has 0 bridgehead atoms. The minimum atomic E-state index is -0.485. The molecule has 0 radical (unpaired) electrons. The number of benzene rings is 3. The monoisotopic (exact) mass is 546 g/mol. The molecule has 38 heavy (non-hydrogen) atoms. The van der Waals surface area contributed by atoms with Gasteiger partial charge in [-0.2, -0.15) is 4.98 Å². The van der Waals surface area contributed by atoms with Gasteiger partial charge in [0.05, 0.1) is 21.8 Å². The van der Waals surface area contributed by atoms with Gasteiger partial charge in [0.1, 0.15) is 5.75 Å². The van der Waals surface area contributed by atoms with Gasteiger partial charge in [0.25, 0.3) is 5.89 Å². The molecule has 2 aliphatic heterocycles. The van der Waals surface area contributed by atoms with Crippen LogP contribution in [0.4, 0.5) is 0 Å². The second-order valence-corrected chi connectivity index (χ2v) is 11.3. The van der Waals surface area contributed by atoms with Gasteiger partial charge in [-0.3, -0.25) is 0 Å². The van der Waals surface area contributed by atoms with Crippen LogP contribution in [0.25, 0.3) is 23.0 Å². The third-order valence-corrected chi connectivity index (χ3v) is 7.83. The van der Waals surface area contributed by atoms with Crippen LogP contribution in [0.3, 0.4) is 0 Å². The van der Waals surface area contributed by atoms with Crippen LogP contribution in [0.1, 0.15) is 50.8 Å². The zero-order chi connectivity index (χ0) is 26.7. The van der Waals surface area contributed by atoms with Crippen molar-refractivity contribution in [2.45, 2.75) is 45.0 Å². The number of fused-ring (bicyclic) bond motifs is 1. The molecule has 0 spiro atoms. The lowest BCUT2D eigenvalue weighted by atomic mass is 9.79.